The van der Waals surface area contributed by atoms with E-state index in [-0.39, 0.29) is 18.1 Å². The van der Waals surface area contributed by atoms with Gasteiger partial charge in [-0.1, -0.05) is 6.07 Å². The number of nitrogens with one attached hydrogen (secondary N) is 1. The van der Waals surface area contributed by atoms with Crippen LogP contribution in [0.4, 0.5) is 5.69 Å². The highest BCUT2D eigenvalue weighted by Crippen LogP contribution is 2.42. The van der Waals surface area contributed by atoms with Gasteiger partial charge >= 0.3 is 0 Å². The SMILES string of the molecule is O=C1C(=O)N(c2ccc3nc[nH]c3c2)C(c2ccc(CO)o2)C1C(=O)c1cccs1. The lowest BCUT2D eigenvalue weighted by Gasteiger charge is -2.25. The van der Waals surface area contributed by atoms with E-state index < -0.39 is 29.4 Å². The van der Waals surface area contributed by atoms with Crippen molar-refractivity contribution in [1.29, 1.82) is 0 Å². The second-order valence-electron chi connectivity index (χ2n) is 6.87. The first-order valence-electron chi connectivity index (χ1n) is 9.16. The molecule has 1 aromatic carbocycles. The Kier molecular flexibility index (Phi) is 4.34. The molecule has 8 nitrogen and oxygen atoms in total. The topological polar surface area (TPSA) is 116 Å². The number of anilines is 1. The molecule has 0 aliphatic carbocycles. The predicted molar refractivity (Wildman–Crippen MR) is 108 cm³/mol. The first-order valence-corrected chi connectivity index (χ1v) is 10.0. The molecule has 2 unspecified atom stereocenters. The van der Waals surface area contributed by atoms with Crippen LogP contribution in [0, 0.1) is 5.92 Å². The van der Waals surface area contributed by atoms with Crippen molar-refractivity contribution in [1.82, 2.24) is 9.97 Å². The molecule has 1 aliphatic rings. The lowest BCUT2D eigenvalue weighted by molar-refractivity contribution is -0.135. The van der Waals surface area contributed by atoms with Crippen LogP contribution in [0.25, 0.3) is 11.0 Å². The summed E-state index contributed by atoms with van der Waals surface area (Å²) in [7, 11) is 0. The monoisotopic (exact) mass is 421 g/mol. The van der Waals surface area contributed by atoms with Gasteiger partial charge in [-0.25, -0.2) is 4.98 Å². The first-order chi connectivity index (χ1) is 14.6. The zero-order chi connectivity index (χ0) is 20.8. The number of aromatic amines is 1. The molecule has 2 atom stereocenters. The van der Waals surface area contributed by atoms with Gasteiger partial charge in [0.25, 0.3) is 5.91 Å². The number of hydrogen-bond donors (Lipinski definition) is 2. The second kappa shape index (κ2) is 7.05. The summed E-state index contributed by atoms with van der Waals surface area (Å²) in [4.78, 5) is 48.0. The maximum atomic E-state index is 13.2. The van der Waals surface area contributed by atoms with Gasteiger partial charge in [0, 0.05) is 5.69 Å². The van der Waals surface area contributed by atoms with Crippen LogP contribution in [0.3, 0.4) is 0 Å². The van der Waals surface area contributed by atoms with Gasteiger partial charge < -0.3 is 14.5 Å². The van der Waals surface area contributed by atoms with Gasteiger partial charge in [-0.3, -0.25) is 19.3 Å². The molecule has 30 heavy (non-hydrogen) atoms. The van der Waals surface area contributed by atoms with Crippen LogP contribution in [0.2, 0.25) is 0 Å². The van der Waals surface area contributed by atoms with Crippen LogP contribution in [-0.2, 0) is 16.2 Å². The van der Waals surface area contributed by atoms with Gasteiger partial charge in [-0.05, 0) is 41.8 Å². The fourth-order valence-electron chi connectivity index (χ4n) is 3.79. The molecule has 1 fully saturated rings. The number of nitrogens with zero attached hydrogens (tertiary/aromatic N) is 2. The van der Waals surface area contributed by atoms with Gasteiger partial charge in [0.1, 0.15) is 30.1 Å². The number of carbonyl (C=O) groups is 3. The summed E-state index contributed by atoms with van der Waals surface area (Å²) < 4.78 is 5.67. The summed E-state index contributed by atoms with van der Waals surface area (Å²) >= 11 is 1.21. The average molecular weight is 421 g/mol. The zero-order valence-electron chi connectivity index (χ0n) is 15.4. The molecule has 5 rings (SSSR count). The lowest BCUT2D eigenvalue weighted by Crippen LogP contribution is -2.30. The molecule has 150 valence electrons. The number of benzene rings is 1. The minimum Gasteiger partial charge on any atom is -0.461 e. The van der Waals surface area contributed by atoms with Crippen molar-refractivity contribution in [3.8, 4) is 0 Å². The van der Waals surface area contributed by atoms with Crippen molar-refractivity contribution in [2.75, 3.05) is 4.90 Å². The highest BCUT2D eigenvalue weighted by molar-refractivity contribution is 7.12. The third-order valence-corrected chi connectivity index (χ3v) is 6.05. The smallest absolute Gasteiger partial charge is 0.295 e. The molecular weight excluding hydrogens is 406 g/mol. The van der Waals surface area contributed by atoms with E-state index >= 15 is 0 Å². The number of fused-ring (bicyclic) bond motifs is 1. The Bertz CT molecular complexity index is 1270. The van der Waals surface area contributed by atoms with Crippen LogP contribution in [0.5, 0.6) is 0 Å². The first kappa shape index (κ1) is 18.5. The molecule has 3 aromatic heterocycles. The minimum atomic E-state index is -1.24. The fraction of sp³-hybridized carbons (Fsp3) is 0.143. The van der Waals surface area contributed by atoms with E-state index in [0.717, 1.165) is 0 Å². The average Bonchev–Trinajstić information content (AvgIpc) is 3.54. The number of furan rings is 1. The number of rotatable bonds is 5. The molecule has 2 N–H and O–H groups in total. The molecule has 9 heteroatoms. The quantitative estimate of drug-likeness (QED) is 0.291. The Morgan fingerprint density at radius 3 is 2.83 bits per heavy atom. The van der Waals surface area contributed by atoms with Gasteiger partial charge in [-0.2, -0.15) is 0 Å². The van der Waals surface area contributed by atoms with Gasteiger partial charge in [0.2, 0.25) is 5.78 Å². The maximum absolute atomic E-state index is 13.2. The van der Waals surface area contributed by atoms with Crippen molar-refractivity contribution in [2.45, 2.75) is 12.6 Å². The number of aliphatic hydroxyl groups excluding tert-OH is 1. The van der Waals surface area contributed by atoms with Gasteiger partial charge in [0.15, 0.2) is 5.78 Å². The Morgan fingerprint density at radius 2 is 2.10 bits per heavy atom. The number of ketones is 2. The third-order valence-electron chi connectivity index (χ3n) is 5.16. The Labute approximate surface area is 173 Å². The Hall–Kier alpha value is -3.56. The predicted octanol–water partition coefficient (Wildman–Crippen LogP) is 2.87. The maximum Gasteiger partial charge on any atom is 0.295 e. The molecule has 0 saturated carbocycles. The zero-order valence-corrected chi connectivity index (χ0v) is 16.3. The van der Waals surface area contributed by atoms with Crippen molar-refractivity contribution < 1.29 is 23.9 Å². The highest BCUT2D eigenvalue weighted by atomic mass is 32.1. The number of Topliss-reactive ketones (excluding diaryl/α,β-unsaturated/α-hetero) is 2. The van der Waals surface area contributed by atoms with Crippen molar-refractivity contribution in [3.05, 3.63) is 70.6 Å². The molecule has 4 aromatic rings. The largest absolute Gasteiger partial charge is 0.461 e. The minimum absolute atomic E-state index is 0.262. The van der Waals surface area contributed by atoms with Crippen molar-refractivity contribution in [2.24, 2.45) is 5.92 Å². The summed E-state index contributed by atoms with van der Waals surface area (Å²) in [5.74, 6) is -2.70. The number of aromatic nitrogens is 2. The number of H-pyrrole nitrogens is 1. The lowest BCUT2D eigenvalue weighted by atomic mass is 9.91. The molecule has 1 saturated heterocycles. The summed E-state index contributed by atoms with van der Waals surface area (Å²) in [5.41, 5.74) is 1.84. The van der Waals surface area contributed by atoms with Crippen LogP contribution >= 0.6 is 11.3 Å². The molecule has 4 heterocycles. The Balaban J connectivity index is 1.66. The van der Waals surface area contributed by atoms with E-state index in [4.69, 9.17) is 4.42 Å². The Morgan fingerprint density at radius 1 is 1.23 bits per heavy atom. The summed E-state index contributed by atoms with van der Waals surface area (Å²) in [6.07, 6.45) is 1.53. The van der Waals surface area contributed by atoms with Crippen molar-refractivity contribution in [3.63, 3.8) is 0 Å². The number of carbonyl (C=O) groups excluding carboxylic acids is 3. The van der Waals surface area contributed by atoms with E-state index in [1.54, 1.807) is 47.8 Å². The van der Waals surface area contributed by atoms with E-state index in [9.17, 15) is 19.5 Å². The molecule has 1 amide bonds. The van der Waals surface area contributed by atoms with Crippen LogP contribution in [0.1, 0.15) is 27.2 Å². The number of hydrogen-bond acceptors (Lipinski definition) is 7. The fourth-order valence-corrected chi connectivity index (χ4v) is 4.49. The summed E-state index contributed by atoms with van der Waals surface area (Å²) in [6.45, 7) is -0.335. The molecule has 1 aliphatic heterocycles. The highest BCUT2D eigenvalue weighted by Gasteiger charge is 2.53. The molecule has 0 radical (unpaired) electrons. The number of thiophene rings is 1. The van der Waals surface area contributed by atoms with E-state index in [0.29, 0.717) is 21.6 Å². The normalized spacial score (nSPS) is 19.2. The molecular formula is C21H15N3O5S. The van der Waals surface area contributed by atoms with Crippen LogP contribution in [0.15, 0.2) is 58.6 Å². The van der Waals surface area contributed by atoms with E-state index in [1.165, 1.54) is 22.6 Å². The summed E-state index contributed by atoms with van der Waals surface area (Å²) in [5, 5.41) is 11.1. The number of imidazole rings is 1. The number of amides is 1. The standard InChI is InChI=1S/C21H15N3O5S/c25-9-12-4-6-15(29-12)18-17(19(26)16-2-1-7-30-16)20(27)21(28)24(18)11-3-5-13-14(8-11)23-10-22-13/h1-8,10,17-18,25H,9H2,(H,22,23). The molecule has 0 bridgehead atoms. The van der Waals surface area contributed by atoms with Gasteiger partial charge in [0.05, 0.1) is 22.2 Å². The number of aliphatic hydroxyl groups is 1. The summed E-state index contributed by atoms with van der Waals surface area (Å²) in [6, 6.07) is 10.6. The second-order valence-corrected chi connectivity index (χ2v) is 7.82. The third kappa shape index (κ3) is 2.78. The van der Waals surface area contributed by atoms with Crippen molar-refractivity contribution >= 4 is 45.5 Å². The molecule has 0 spiro atoms. The van der Waals surface area contributed by atoms with E-state index in [2.05, 4.69) is 9.97 Å². The van der Waals surface area contributed by atoms with Crippen LogP contribution in [-0.4, -0.2) is 32.5 Å². The van der Waals surface area contributed by atoms with Gasteiger partial charge in [-0.15, -0.1) is 11.3 Å². The van der Waals surface area contributed by atoms with E-state index in [1.807, 2.05) is 0 Å². The van der Waals surface area contributed by atoms with Crippen LogP contribution < -0.4 is 4.90 Å².